The summed E-state index contributed by atoms with van der Waals surface area (Å²) in [7, 11) is 0. The molecule has 2 rings (SSSR count). The van der Waals surface area contributed by atoms with Crippen LogP contribution < -0.4 is 0 Å². The Morgan fingerprint density at radius 1 is 1.38 bits per heavy atom. The standard InChI is InChI=1S/C15H24N2O4/c1-3-11(20-4-2)13-16-12(21-17-13)10-15(14(18)19)8-6-5-7-9-15/h11H,3-10H2,1-2H3,(H,18,19). The molecule has 0 saturated heterocycles. The molecule has 1 unspecified atom stereocenters. The average molecular weight is 296 g/mol. The van der Waals surface area contributed by atoms with Crippen molar-refractivity contribution < 1.29 is 19.2 Å². The van der Waals surface area contributed by atoms with Crippen LogP contribution in [0.1, 0.15) is 70.2 Å². The van der Waals surface area contributed by atoms with E-state index in [4.69, 9.17) is 9.26 Å². The first kappa shape index (κ1) is 15.9. The van der Waals surface area contributed by atoms with Gasteiger partial charge in [0.2, 0.25) is 11.7 Å². The summed E-state index contributed by atoms with van der Waals surface area (Å²) < 4.78 is 10.8. The number of rotatable bonds is 7. The highest BCUT2D eigenvalue weighted by Gasteiger charge is 2.41. The lowest BCUT2D eigenvalue weighted by Crippen LogP contribution is -2.35. The van der Waals surface area contributed by atoms with Gasteiger partial charge in [0.25, 0.3) is 0 Å². The number of aromatic nitrogens is 2. The Bertz CT molecular complexity index is 466. The van der Waals surface area contributed by atoms with E-state index in [0.717, 1.165) is 25.7 Å². The van der Waals surface area contributed by atoms with Crippen LogP contribution in [0.2, 0.25) is 0 Å². The third-order valence-corrected chi connectivity index (χ3v) is 4.26. The lowest BCUT2D eigenvalue weighted by molar-refractivity contribution is -0.151. The molecule has 6 heteroatoms. The van der Waals surface area contributed by atoms with Gasteiger partial charge in [-0.25, -0.2) is 0 Å². The molecule has 1 aliphatic carbocycles. The minimum Gasteiger partial charge on any atom is -0.481 e. The number of carboxylic acids is 1. The summed E-state index contributed by atoms with van der Waals surface area (Å²) in [4.78, 5) is 16.0. The van der Waals surface area contributed by atoms with Crippen LogP contribution in [0, 0.1) is 5.41 Å². The molecule has 118 valence electrons. The highest BCUT2D eigenvalue weighted by molar-refractivity contribution is 5.75. The first-order valence-corrected chi connectivity index (χ1v) is 7.78. The Morgan fingerprint density at radius 3 is 2.67 bits per heavy atom. The fourth-order valence-electron chi connectivity index (χ4n) is 3.03. The molecule has 0 aromatic carbocycles. The molecule has 1 heterocycles. The van der Waals surface area contributed by atoms with Gasteiger partial charge in [-0.2, -0.15) is 4.98 Å². The van der Waals surface area contributed by atoms with Crippen LogP contribution in [0.3, 0.4) is 0 Å². The van der Waals surface area contributed by atoms with Crippen molar-refractivity contribution in [3.8, 4) is 0 Å². The minimum absolute atomic E-state index is 0.181. The minimum atomic E-state index is -0.751. The number of aliphatic carboxylic acids is 1. The number of hydrogen-bond donors (Lipinski definition) is 1. The molecule has 1 aromatic heterocycles. The monoisotopic (exact) mass is 296 g/mol. The van der Waals surface area contributed by atoms with E-state index < -0.39 is 11.4 Å². The maximum atomic E-state index is 11.7. The van der Waals surface area contributed by atoms with Crippen molar-refractivity contribution in [3.05, 3.63) is 11.7 Å². The molecule has 1 aliphatic rings. The summed E-state index contributed by atoms with van der Waals surface area (Å²) in [5.74, 6) is 0.178. The third-order valence-electron chi connectivity index (χ3n) is 4.26. The van der Waals surface area contributed by atoms with Gasteiger partial charge in [-0.3, -0.25) is 4.79 Å². The summed E-state index contributed by atoms with van der Waals surface area (Å²) in [5.41, 5.74) is -0.741. The van der Waals surface area contributed by atoms with Gasteiger partial charge in [0, 0.05) is 13.0 Å². The van der Waals surface area contributed by atoms with E-state index in [1.54, 1.807) is 0 Å². The zero-order valence-corrected chi connectivity index (χ0v) is 12.8. The van der Waals surface area contributed by atoms with E-state index in [1.165, 1.54) is 0 Å². The van der Waals surface area contributed by atoms with Crippen LogP contribution in [0.15, 0.2) is 4.52 Å². The summed E-state index contributed by atoms with van der Waals surface area (Å²) in [6, 6.07) is 0. The molecular weight excluding hydrogens is 272 g/mol. The van der Waals surface area contributed by atoms with Crippen molar-refractivity contribution in [1.29, 1.82) is 0 Å². The van der Waals surface area contributed by atoms with Crippen LogP contribution in [0.4, 0.5) is 0 Å². The first-order valence-electron chi connectivity index (χ1n) is 7.78. The molecule has 0 bridgehead atoms. The predicted molar refractivity (Wildman–Crippen MR) is 75.8 cm³/mol. The van der Waals surface area contributed by atoms with E-state index in [2.05, 4.69) is 10.1 Å². The van der Waals surface area contributed by atoms with Gasteiger partial charge >= 0.3 is 5.97 Å². The first-order chi connectivity index (χ1) is 10.1. The van der Waals surface area contributed by atoms with Gasteiger partial charge in [0.1, 0.15) is 6.10 Å². The Labute approximate surface area is 124 Å². The van der Waals surface area contributed by atoms with Gasteiger partial charge in [-0.1, -0.05) is 31.3 Å². The third kappa shape index (κ3) is 3.61. The zero-order valence-electron chi connectivity index (χ0n) is 12.8. The van der Waals surface area contributed by atoms with Crippen LogP contribution >= 0.6 is 0 Å². The second-order valence-corrected chi connectivity index (χ2v) is 5.72. The quantitative estimate of drug-likeness (QED) is 0.832. The van der Waals surface area contributed by atoms with Crippen LogP contribution in [-0.2, 0) is 16.0 Å². The van der Waals surface area contributed by atoms with Gasteiger partial charge in [-0.05, 0) is 26.2 Å². The van der Waals surface area contributed by atoms with Gasteiger partial charge in [0.15, 0.2) is 0 Å². The van der Waals surface area contributed by atoms with Crippen LogP contribution in [-0.4, -0.2) is 27.8 Å². The van der Waals surface area contributed by atoms with Gasteiger partial charge in [-0.15, -0.1) is 0 Å². The molecule has 0 spiro atoms. The van der Waals surface area contributed by atoms with Crippen molar-refractivity contribution in [2.75, 3.05) is 6.61 Å². The molecule has 21 heavy (non-hydrogen) atoms. The second kappa shape index (κ2) is 7.02. The Hall–Kier alpha value is -1.43. The lowest BCUT2D eigenvalue weighted by atomic mass is 9.72. The highest BCUT2D eigenvalue weighted by Crippen LogP contribution is 2.39. The maximum absolute atomic E-state index is 11.7. The number of carbonyl (C=O) groups is 1. The van der Waals surface area contributed by atoms with Crippen LogP contribution in [0.5, 0.6) is 0 Å². The number of nitrogens with zero attached hydrogens (tertiary/aromatic N) is 2. The summed E-state index contributed by atoms with van der Waals surface area (Å²) in [5, 5.41) is 13.5. The molecule has 6 nitrogen and oxygen atoms in total. The SMILES string of the molecule is CCOC(CC)c1noc(CC2(C(=O)O)CCCCC2)n1. The van der Waals surface area contributed by atoms with Gasteiger partial charge in [0.05, 0.1) is 5.41 Å². The number of ether oxygens (including phenoxy) is 1. The van der Waals surface area contributed by atoms with Crippen molar-refractivity contribution >= 4 is 5.97 Å². The maximum Gasteiger partial charge on any atom is 0.310 e. The second-order valence-electron chi connectivity index (χ2n) is 5.72. The van der Waals surface area contributed by atoms with Crippen molar-refractivity contribution in [2.24, 2.45) is 5.41 Å². The fraction of sp³-hybridized carbons (Fsp3) is 0.800. The Kier molecular flexibility index (Phi) is 5.33. The molecule has 1 fully saturated rings. The van der Waals surface area contributed by atoms with Crippen molar-refractivity contribution in [3.63, 3.8) is 0 Å². The molecule has 1 N–H and O–H groups in total. The van der Waals surface area contributed by atoms with E-state index in [0.29, 0.717) is 37.6 Å². The molecule has 0 aliphatic heterocycles. The normalized spacial score (nSPS) is 19.3. The smallest absolute Gasteiger partial charge is 0.310 e. The molecule has 1 saturated carbocycles. The van der Waals surface area contributed by atoms with E-state index in [1.807, 2.05) is 13.8 Å². The molecule has 1 aromatic rings. The average Bonchev–Trinajstić information content (AvgIpc) is 2.93. The van der Waals surface area contributed by atoms with E-state index in [-0.39, 0.29) is 6.10 Å². The summed E-state index contributed by atoms with van der Waals surface area (Å²) >= 11 is 0. The molecular formula is C15H24N2O4. The highest BCUT2D eigenvalue weighted by atomic mass is 16.5. The zero-order chi connectivity index (χ0) is 15.3. The van der Waals surface area contributed by atoms with Crippen molar-refractivity contribution in [2.45, 2.75) is 64.9 Å². The molecule has 1 atom stereocenters. The number of carboxylic acid groups (broad SMARTS) is 1. The Balaban J connectivity index is 2.11. The lowest BCUT2D eigenvalue weighted by Gasteiger charge is -2.31. The van der Waals surface area contributed by atoms with Gasteiger partial charge < -0.3 is 14.4 Å². The predicted octanol–water partition coefficient (Wildman–Crippen LogP) is 3.13. The van der Waals surface area contributed by atoms with Crippen molar-refractivity contribution in [1.82, 2.24) is 10.1 Å². The summed E-state index contributed by atoms with van der Waals surface area (Å²) in [6.07, 6.45) is 5.26. The Morgan fingerprint density at radius 2 is 2.10 bits per heavy atom. The van der Waals surface area contributed by atoms with E-state index in [9.17, 15) is 9.90 Å². The molecule has 0 radical (unpaired) electrons. The largest absolute Gasteiger partial charge is 0.481 e. The van der Waals surface area contributed by atoms with Crippen LogP contribution in [0.25, 0.3) is 0 Å². The molecule has 0 amide bonds. The van der Waals surface area contributed by atoms with E-state index >= 15 is 0 Å². The summed E-state index contributed by atoms with van der Waals surface area (Å²) in [6.45, 7) is 4.50. The number of hydrogen-bond acceptors (Lipinski definition) is 5. The fourth-order valence-corrected chi connectivity index (χ4v) is 3.03. The topological polar surface area (TPSA) is 85.5 Å².